The standard InChI is InChI=1S/C35H44ClFN8O3/c1-5-35(46)41-28-19-29(32(47-4)20-31(28)44-11-8-25(9-12-44)43-15-13-42(14-16-43)23(2)3)40-33-21-34(39-22-38-33)45-30(10-17-48-45)24-6-7-27(37)26(36)18-24/h5-7,18-23,25,30H,1,8-17H2,2-4H3,(H,41,46)(H,38,39,40)/t30-/m1/s1. The van der Waals surface area contributed by atoms with Crippen molar-refractivity contribution in [2.75, 3.05) is 73.6 Å². The molecule has 4 heterocycles. The maximum absolute atomic E-state index is 13.8. The number of nitrogens with one attached hydrogen (secondary N) is 2. The summed E-state index contributed by atoms with van der Waals surface area (Å²) < 4.78 is 19.7. The number of piperidine rings is 1. The van der Waals surface area contributed by atoms with E-state index < -0.39 is 5.82 Å². The number of rotatable bonds is 10. The number of carbonyl (C=O) groups excluding carboxylic acids is 1. The predicted octanol–water partition coefficient (Wildman–Crippen LogP) is 6.02. The molecule has 2 N–H and O–H groups in total. The number of amides is 1. The minimum absolute atomic E-state index is 0.0591. The van der Waals surface area contributed by atoms with Crippen LogP contribution in [0, 0.1) is 5.82 Å². The van der Waals surface area contributed by atoms with Crippen molar-refractivity contribution in [3.63, 3.8) is 0 Å². The molecule has 11 nitrogen and oxygen atoms in total. The van der Waals surface area contributed by atoms with Gasteiger partial charge >= 0.3 is 0 Å². The Labute approximate surface area is 286 Å². The van der Waals surface area contributed by atoms with Gasteiger partial charge in [-0.15, -0.1) is 0 Å². The van der Waals surface area contributed by atoms with Crippen LogP contribution in [-0.4, -0.2) is 90.7 Å². The normalized spacial score (nSPS) is 19.5. The number of benzene rings is 2. The molecule has 3 saturated heterocycles. The van der Waals surface area contributed by atoms with Crippen molar-refractivity contribution in [2.24, 2.45) is 0 Å². The number of halogens is 2. The third-order valence-electron chi connectivity index (χ3n) is 9.54. The van der Waals surface area contributed by atoms with E-state index in [1.165, 1.54) is 18.5 Å². The molecule has 2 aromatic carbocycles. The van der Waals surface area contributed by atoms with E-state index in [0.29, 0.717) is 53.9 Å². The third-order valence-corrected chi connectivity index (χ3v) is 9.83. The van der Waals surface area contributed by atoms with Crippen LogP contribution in [0.4, 0.5) is 33.1 Å². The van der Waals surface area contributed by atoms with E-state index in [1.807, 2.05) is 12.1 Å². The predicted molar refractivity (Wildman–Crippen MR) is 188 cm³/mol. The van der Waals surface area contributed by atoms with Crippen LogP contribution in [0.1, 0.15) is 44.7 Å². The number of anilines is 5. The summed E-state index contributed by atoms with van der Waals surface area (Å²) in [7, 11) is 1.62. The number of hydroxylamine groups is 1. The number of ether oxygens (including phenoxy) is 1. The molecule has 0 bridgehead atoms. The molecule has 0 radical (unpaired) electrons. The molecule has 1 amide bonds. The van der Waals surface area contributed by atoms with Crippen molar-refractivity contribution >= 4 is 46.2 Å². The Hall–Kier alpha value is -3.97. The summed E-state index contributed by atoms with van der Waals surface area (Å²) in [5.74, 6) is 0.859. The molecule has 3 aromatic rings. The maximum Gasteiger partial charge on any atom is 0.247 e. The van der Waals surface area contributed by atoms with Crippen LogP contribution in [0.25, 0.3) is 0 Å². The summed E-state index contributed by atoms with van der Waals surface area (Å²) in [5, 5.41) is 8.11. The number of hydrogen-bond acceptors (Lipinski definition) is 10. The van der Waals surface area contributed by atoms with Gasteiger partial charge in [-0.05, 0) is 56.5 Å². The number of methoxy groups -OCH3 is 1. The summed E-state index contributed by atoms with van der Waals surface area (Å²) in [6.07, 6.45) is 5.49. The van der Waals surface area contributed by atoms with Crippen molar-refractivity contribution < 1.29 is 18.8 Å². The molecule has 0 spiro atoms. The highest BCUT2D eigenvalue weighted by Crippen LogP contribution is 2.41. The van der Waals surface area contributed by atoms with Crippen molar-refractivity contribution in [3.8, 4) is 5.75 Å². The summed E-state index contributed by atoms with van der Waals surface area (Å²) in [6.45, 7) is 14.8. The molecule has 1 atom stereocenters. The lowest BCUT2D eigenvalue weighted by Gasteiger charge is -2.44. The van der Waals surface area contributed by atoms with Gasteiger partial charge in [-0.25, -0.2) is 19.4 Å². The second-order valence-electron chi connectivity index (χ2n) is 12.7. The second-order valence-corrected chi connectivity index (χ2v) is 13.1. The van der Waals surface area contributed by atoms with Gasteiger partial charge in [-0.3, -0.25) is 19.4 Å². The number of nitrogens with zero attached hydrogens (tertiary/aromatic N) is 6. The van der Waals surface area contributed by atoms with E-state index in [4.69, 9.17) is 21.2 Å². The van der Waals surface area contributed by atoms with E-state index >= 15 is 0 Å². The zero-order chi connectivity index (χ0) is 33.8. The molecule has 13 heteroatoms. The van der Waals surface area contributed by atoms with Gasteiger partial charge in [0.1, 0.15) is 23.7 Å². The quantitative estimate of drug-likeness (QED) is 0.248. The largest absolute Gasteiger partial charge is 0.494 e. The van der Waals surface area contributed by atoms with Crippen molar-refractivity contribution in [3.05, 3.63) is 71.8 Å². The molecule has 6 rings (SSSR count). The number of hydrogen-bond donors (Lipinski definition) is 2. The van der Waals surface area contributed by atoms with Gasteiger partial charge in [-0.2, -0.15) is 0 Å². The SMILES string of the molecule is C=CC(=O)Nc1cc(Nc2cc(N3OCC[C@@H]3c3ccc(F)c(Cl)c3)ncn2)c(OC)cc1N1CCC(N2CCN(C(C)C)CC2)CC1. The average Bonchev–Trinajstić information content (AvgIpc) is 3.60. The van der Waals surface area contributed by atoms with Gasteiger partial charge in [0.25, 0.3) is 0 Å². The van der Waals surface area contributed by atoms with Crippen LogP contribution < -0.4 is 25.3 Å². The summed E-state index contributed by atoms with van der Waals surface area (Å²) in [6, 6.07) is 11.2. The smallest absolute Gasteiger partial charge is 0.247 e. The van der Waals surface area contributed by atoms with Crippen LogP contribution in [0.15, 0.2) is 55.4 Å². The van der Waals surface area contributed by atoms with Gasteiger partial charge in [0.2, 0.25) is 5.91 Å². The fourth-order valence-electron chi connectivity index (χ4n) is 6.86. The Kier molecular flexibility index (Phi) is 10.6. The van der Waals surface area contributed by atoms with Crippen molar-refractivity contribution in [1.29, 1.82) is 0 Å². The van der Waals surface area contributed by atoms with Crippen LogP contribution in [-0.2, 0) is 9.63 Å². The molecule has 0 unspecified atom stereocenters. The Morgan fingerprint density at radius 3 is 2.52 bits per heavy atom. The second kappa shape index (κ2) is 15.1. The summed E-state index contributed by atoms with van der Waals surface area (Å²) in [4.78, 5) is 34.9. The number of aromatic nitrogens is 2. The lowest BCUT2D eigenvalue weighted by atomic mass is 10.0. The first-order valence-corrected chi connectivity index (χ1v) is 17.0. The molecule has 3 aliphatic rings. The topological polar surface area (TPSA) is 98.3 Å². The molecular formula is C35H44ClFN8O3. The Morgan fingerprint density at radius 2 is 1.83 bits per heavy atom. The zero-order valence-electron chi connectivity index (χ0n) is 27.8. The first-order chi connectivity index (χ1) is 23.2. The van der Waals surface area contributed by atoms with Crippen LogP contribution in [0.3, 0.4) is 0 Å². The molecule has 0 saturated carbocycles. The van der Waals surface area contributed by atoms with E-state index in [9.17, 15) is 9.18 Å². The first kappa shape index (κ1) is 33.9. The van der Waals surface area contributed by atoms with Crippen LogP contribution in [0.2, 0.25) is 5.02 Å². The molecule has 3 aliphatic heterocycles. The monoisotopic (exact) mass is 678 g/mol. The Bertz CT molecular complexity index is 1610. The van der Waals surface area contributed by atoms with Gasteiger partial charge in [0.15, 0.2) is 5.82 Å². The average molecular weight is 679 g/mol. The summed E-state index contributed by atoms with van der Waals surface area (Å²) in [5.41, 5.74) is 2.99. The molecule has 48 heavy (non-hydrogen) atoms. The van der Waals surface area contributed by atoms with Crippen molar-refractivity contribution in [2.45, 2.75) is 51.2 Å². The highest BCUT2D eigenvalue weighted by atomic mass is 35.5. The van der Waals surface area contributed by atoms with Crippen molar-refractivity contribution in [1.82, 2.24) is 19.8 Å². The number of piperazine rings is 1. The highest BCUT2D eigenvalue weighted by molar-refractivity contribution is 6.30. The Morgan fingerprint density at radius 1 is 1.06 bits per heavy atom. The fraction of sp³-hybridized carbons (Fsp3) is 0.457. The van der Waals surface area contributed by atoms with E-state index in [-0.39, 0.29) is 17.0 Å². The molecule has 256 valence electrons. The molecule has 0 aliphatic carbocycles. The lowest BCUT2D eigenvalue weighted by Crippen LogP contribution is -2.54. The van der Waals surface area contributed by atoms with Gasteiger partial charge in [0, 0.05) is 69.9 Å². The minimum atomic E-state index is -0.469. The Balaban J connectivity index is 1.20. The van der Waals surface area contributed by atoms with E-state index in [2.05, 4.69) is 55.7 Å². The van der Waals surface area contributed by atoms with Crippen LogP contribution in [0.5, 0.6) is 5.75 Å². The first-order valence-electron chi connectivity index (χ1n) is 16.6. The summed E-state index contributed by atoms with van der Waals surface area (Å²) >= 11 is 6.08. The molecule has 3 fully saturated rings. The van der Waals surface area contributed by atoms with E-state index in [0.717, 1.165) is 63.4 Å². The molecular weight excluding hydrogens is 635 g/mol. The van der Waals surface area contributed by atoms with Gasteiger partial charge in [-0.1, -0.05) is 24.2 Å². The number of carbonyl (C=O) groups is 1. The fourth-order valence-corrected chi connectivity index (χ4v) is 7.05. The van der Waals surface area contributed by atoms with Crippen LogP contribution >= 0.6 is 11.6 Å². The highest BCUT2D eigenvalue weighted by Gasteiger charge is 2.31. The molecule has 1 aromatic heterocycles. The van der Waals surface area contributed by atoms with Gasteiger partial charge < -0.3 is 20.3 Å². The lowest BCUT2D eigenvalue weighted by molar-refractivity contribution is -0.111. The maximum atomic E-state index is 13.8. The minimum Gasteiger partial charge on any atom is -0.494 e. The zero-order valence-corrected chi connectivity index (χ0v) is 28.5. The van der Waals surface area contributed by atoms with Gasteiger partial charge in [0.05, 0.1) is 41.8 Å². The third kappa shape index (κ3) is 7.52. The van der Waals surface area contributed by atoms with E-state index in [1.54, 1.807) is 30.4 Å².